The third-order valence-electron chi connectivity index (χ3n) is 3.39. The Morgan fingerprint density at radius 3 is 2.57 bits per heavy atom. The van der Waals surface area contributed by atoms with Gasteiger partial charge in [-0.05, 0) is 38.5 Å². The van der Waals surface area contributed by atoms with Crippen molar-refractivity contribution in [1.82, 2.24) is 0 Å². The van der Waals surface area contributed by atoms with Gasteiger partial charge in [0.1, 0.15) is 5.60 Å². The van der Waals surface area contributed by atoms with Crippen molar-refractivity contribution in [3.8, 4) is 0 Å². The molecule has 0 radical (unpaired) electrons. The molecular weight excluding hydrogens is 180 g/mol. The number of ether oxygens (including phenoxy) is 2. The maximum atomic E-state index is 10.8. The molecule has 2 rings (SSSR count). The Hall–Kier alpha value is -0.410. The smallest absolute Gasteiger partial charge is 0.151 e. The van der Waals surface area contributed by atoms with E-state index in [1.807, 2.05) is 6.92 Å². The summed E-state index contributed by atoms with van der Waals surface area (Å²) >= 11 is 0. The second-order valence-electron chi connectivity index (χ2n) is 4.58. The highest BCUT2D eigenvalue weighted by molar-refractivity contribution is 5.62. The van der Waals surface area contributed by atoms with Crippen LogP contribution in [0.4, 0.5) is 0 Å². The van der Waals surface area contributed by atoms with E-state index >= 15 is 0 Å². The summed E-state index contributed by atoms with van der Waals surface area (Å²) in [5, 5.41) is 0. The fourth-order valence-corrected chi connectivity index (χ4v) is 2.40. The molecule has 0 aromatic rings. The van der Waals surface area contributed by atoms with Crippen molar-refractivity contribution in [2.45, 2.75) is 44.3 Å². The van der Waals surface area contributed by atoms with Crippen molar-refractivity contribution < 1.29 is 14.3 Å². The molecule has 2 aliphatic heterocycles. The predicted molar refractivity (Wildman–Crippen MR) is 52.1 cm³/mol. The molecule has 0 aromatic carbocycles. The Bertz CT molecular complexity index is 211. The number of carbonyl (C=O) groups is 1. The van der Waals surface area contributed by atoms with Gasteiger partial charge in [0, 0.05) is 13.2 Å². The highest BCUT2D eigenvalue weighted by Gasteiger charge is 2.39. The third kappa shape index (κ3) is 1.98. The van der Waals surface area contributed by atoms with Crippen LogP contribution < -0.4 is 0 Å². The van der Waals surface area contributed by atoms with E-state index in [1.54, 1.807) is 0 Å². The average Bonchev–Trinajstić information content (AvgIpc) is 2.63. The Morgan fingerprint density at radius 1 is 1.29 bits per heavy atom. The number of carbonyl (C=O) groups excluding carboxylic acids is 1. The Kier molecular flexibility index (Phi) is 2.88. The summed E-state index contributed by atoms with van der Waals surface area (Å²) < 4.78 is 11.1. The molecule has 2 saturated heterocycles. The first-order chi connectivity index (χ1) is 6.73. The lowest BCUT2D eigenvalue weighted by Crippen LogP contribution is -2.32. The summed E-state index contributed by atoms with van der Waals surface area (Å²) in [6.45, 7) is 3.59. The highest BCUT2D eigenvalue weighted by Crippen LogP contribution is 2.35. The molecule has 0 amide bonds. The molecule has 0 aromatic heterocycles. The normalized spacial score (nSPS) is 39.9. The van der Waals surface area contributed by atoms with Crippen LogP contribution in [0.1, 0.15) is 32.6 Å². The first kappa shape index (κ1) is 10.1. The zero-order valence-electron chi connectivity index (χ0n) is 8.70. The fourth-order valence-electron chi connectivity index (χ4n) is 2.40. The van der Waals surface area contributed by atoms with Gasteiger partial charge in [0.2, 0.25) is 0 Å². The molecular formula is C11H18O3. The van der Waals surface area contributed by atoms with Crippen molar-refractivity contribution >= 4 is 6.29 Å². The minimum absolute atomic E-state index is 0.286. The van der Waals surface area contributed by atoms with E-state index in [4.69, 9.17) is 9.47 Å². The molecule has 2 fully saturated rings. The van der Waals surface area contributed by atoms with E-state index in [0.29, 0.717) is 5.92 Å². The van der Waals surface area contributed by atoms with E-state index in [2.05, 4.69) is 0 Å². The van der Waals surface area contributed by atoms with Gasteiger partial charge >= 0.3 is 0 Å². The lowest BCUT2D eigenvalue weighted by atomic mass is 9.92. The predicted octanol–water partition coefficient (Wildman–Crippen LogP) is 1.55. The monoisotopic (exact) mass is 198 g/mol. The van der Waals surface area contributed by atoms with Crippen molar-refractivity contribution in [3.63, 3.8) is 0 Å². The molecule has 3 nitrogen and oxygen atoms in total. The summed E-state index contributed by atoms with van der Waals surface area (Å²) in [4.78, 5) is 10.8. The van der Waals surface area contributed by atoms with Crippen LogP contribution in [0.3, 0.4) is 0 Å². The van der Waals surface area contributed by atoms with Crippen molar-refractivity contribution in [1.29, 1.82) is 0 Å². The van der Waals surface area contributed by atoms with Crippen LogP contribution >= 0.6 is 0 Å². The zero-order valence-corrected chi connectivity index (χ0v) is 8.70. The summed E-state index contributed by atoms with van der Waals surface area (Å²) in [6, 6.07) is 0. The number of hydrogen-bond donors (Lipinski definition) is 0. The van der Waals surface area contributed by atoms with Crippen molar-refractivity contribution in [3.05, 3.63) is 0 Å². The first-order valence-electron chi connectivity index (χ1n) is 5.45. The molecule has 2 aliphatic rings. The standard InChI is InChI=1S/C11H18O3/c1-11(8-12)5-2-10(14-11)9-3-6-13-7-4-9/h8-10H,2-7H2,1H3. The van der Waals surface area contributed by atoms with Gasteiger partial charge in [-0.1, -0.05) is 0 Å². The van der Waals surface area contributed by atoms with Crippen molar-refractivity contribution in [2.24, 2.45) is 5.92 Å². The molecule has 80 valence electrons. The van der Waals surface area contributed by atoms with Gasteiger partial charge in [0.25, 0.3) is 0 Å². The fraction of sp³-hybridized carbons (Fsp3) is 0.909. The minimum Gasteiger partial charge on any atom is -0.381 e. The van der Waals surface area contributed by atoms with Crippen LogP contribution in [0, 0.1) is 5.92 Å². The number of rotatable bonds is 2. The van der Waals surface area contributed by atoms with Gasteiger partial charge in [0.15, 0.2) is 6.29 Å². The van der Waals surface area contributed by atoms with Crippen LogP contribution in [-0.4, -0.2) is 31.2 Å². The molecule has 0 N–H and O–H groups in total. The molecule has 2 atom stereocenters. The van der Waals surface area contributed by atoms with E-state index in [-0.39, 0.29) is 6.10 Å². The second kappa shape index (κ2) is 3.99. The van der Waals surface area contributed by atoms with Gasteiger partial charge < -0.3 is 14.3 Å². The summed E-state index contributed by atoms with van der Waals surface area (Å²) in [5.74, 6) is 0.602. The Labute approximate surface area is 84.8 Å². The van der Waals surface area contributed by atoms with Gasteiger partial charge in [-0.3, -0.25) is 0 Å². The van der Waals surface area contributed by atoms with Crippen LogP contribution in [0.15, 0.2) is 0 Å². The molecule has 0 spiro atoms. The SMILES string of the molecule is CC1(C=O)CCC(C2CCOCC2)O1. The number of hydrogen-bond acceptors (Lipinski definition) is 3. The molecule has 14 heavy (non-hydrogen) atoms. The lowest BCUT2D eigenvalue weighted by molar-refractivity contribution is -0.131. The second-order valence-corrected chi connectivity index (χ2v) is 4.58. The van der Waals surface area contributed by atoms with Crippen LogP contribution in [-0.2, 0) is 14.3 Å². The summed E-state index contributed by atoms with van der Waals surface area (Å²) in [6.07, 6.45) is 5.30. The molecule has 3 heteroatoms. The lowest BCUT2D eigenvalue weighted by Gasteiger charge is -2.28. The van der Waals surface area contributed by atoms with Crippen LogP contribution in [0.5, 0.6) is 0 Å². The van der Waals surface area contributed by atoms with E-state index < -0.39 is 5.60 Å². The van der Waals surface area contributed by atoms with E-state index in [0.717, 1.165) is 45.2 Å². The largest absolute Gasteiger partial charge is 0.381 e. The van der Waals surface area contributed by atoms with Crippen molar-refractivity contribution in [2.75, 3.05) is 13.2 Å². The van der Waals surface area contributed by atoms with Gasteiger partial charge in [-0.2, -0.15) is 0 Å². The Morgan fingerprint density at radius 2 is 2.00 bits per heavy atom. The Balaban J connectivity index is 1.91. The van der Waals surface area contributed by atoms with Crippen LogP contribution in [0.2, 0.25) is 0 Å². The molecule has 0 aliphatic carbocycles. The highest BCUT2D eigenvalue weighted by atomic mass is 16.5. The minimum atomic E-state index is -0.511. The van der Waals surface area contributed by atoms with Crippen LogP contribution in [0.25, 0.3) is 0 Å². The molecule has 2 heterocycles. The summed E-state index contributed by atoms with van der Waals surface area (Å²) in [7, 11) is 0. The zero-order chi connectivity index (χ0) is 10.0. The molecule has 0 bridgehead atoms. The molecule has 0 saturated carbocycles. The topological polar surface area (TPSA) is 35.5 Å². The maximum Gasteiger partial charge on any atom is 0.151 e. The summed E-state index contributed by atoms with van der Waals surface area (Å²) in [5.41, 5.74) is -0.511. The first-order valence-corrected chi connectivity index (χ1v) is 5.45. The number of aldehydes is 1. The van der Waals surface area contributed by atoms with E-state index in [9.17, 15) is 4.79 Å². The van der Waals surface area contributed by atoms with Gasteiger partial charge in [0.05, 0.1) is 6.10 Å². The maximum absolute atomic E-state index is 10.8. The van der Waals surface area contributed by atoms with Gasteiger partial charge in [-0.25, -0.2) is 0 Å². The van der Waals surface area contributed by atoms with Gasteiger partial charge in [-0.15, -0.1) is 0 Å². The molecule has 2 unspecified atom stereocenters. The average molecular weight is 198 g/mol. The third-order valence-corrected chi connectivity index (χ3v) is 3.39. The quantitative estimate of drug-likeness (QED) is 0.631. The van der Waals surface area contributed by atoms with E-state index in [1.165, 1.54) is 0 Å².